The maximum Gasteiger partial charge on any atom is 0.311 e. The molecule has 1 aromatic heterocycles. The van der Waals surface area contributed by atoms with E-state index in [1.54, 1.807) is 30.3 Å². The second kappa shape index (κ2) is 10.2. The molecule has 0 spiro atoms. The van der Waals surface area contributed by atoms with Gasteiger partial charge < -0.3 is 32.9 Å². The normalized spacial score (nSPS) is 13.3. The number of carbonyl (C=O) groups is 2. The lowest BCUT2D eigenvalue weighted by Crippen LogP contribution is -2.08. The number of fused-ring (bicyclic) bond motifs is 1. The van der Waals surface area contributed by atoms with Gasteiger partial charge in [0.2, 0.25) is 11.5 Å². The maximum atomic E-state index is 12.8. The topological polar surface area (TPSA) is 116 Å². The predicted molar refractivity (Wildman–Crippen MR) is 122 cm³/mol. The average Bonchev–Trinajstić information content (AvgIpc) is 3.46. The SMILES string of the molecule is COc1cc(CCC(=O)Oc2ccc3c(c2)O/C(=C\c2cc(OC)c(OC)c(OC)c2)C3=O)on1. The summed E-state index contributed by atoms with van der Waals surface area (Å²) in [5.41, 5.74) is 0.976. The van der Waals surface area contributed by atoms with Gasteiger partial charge in [0.15, 0.2) is 17.3 Å². The molecule has 2 heterocycles. The molecule has 3 aromatic rings. The van der Waals surface area contributed by atoms with Gasteiger partial charge in [-0.05, 0) is 41.1 Å². The molecular formula is C25H23NO9. The van der Waals surface area contributed by atoms with Gasteiger partial charge in [0.05, 0.1) is 40.4 Å². The van der Waals surface area contributed by atoms with Gasteiger partial charge in [-0.25, -0.2) is 0 Å². The standard InChI is InChI=1S/C25H23NO9/c1-29-20-10-14(11-21(30-2)25(20)32-4)9-19-24(28)17-7-5-15(12-18(17)34-19)33-23(27)8-6-16-13-22(31-3)26-35-16/h5,7,9-13H,6,8H2,1-4H3/b19-9-. The molecule has 2 aromatic carbocycles. The smallest absolute Gasteiger partial charge is 0.311 e. The van der Waals surface area contributed by atoms with Gasteiger partial charge in [-0.15, -0.1) is 0 Å². The lowest BCUT2D eigenvalue weighted by Gasteiger charge is -2.13. The van der Waals surface area contributed by atoms with Crippen LogP contribution in [0.25, 0.3) is 6.08 Å². The summed E-state index contributed by atoms with van der Waals surface area (Å²) in [7, 11) is 6.00. The molecule has 1 aliphatic heterocycles. The molecule has 10 heteroatoms. The summed E-state index contributed by atoms with van der Waals surface area (Å²) in [6.07, 6.45) is 1.95. The molecule has 0 amide bonds. The molecule has 0 fully saturated rings. The number of rotatable bonds is 9. The van der Waals surface area contributed by atoms with Gasteiger partial charge in [-0.2, -0.15) is 0 Å². The number of Topliss-reactive ketones (excluding diaryl/α,β-unsaturated/α-hetero) is 1. The molecule has 4 rings (SSSR count). The third-order valence-electron chi connectivity index (χ3n) is 5.18. The van der Waals surface area contributed by atoms with Crippen molar-refractivity contribution in [1.29, 1.82) is 0 Å². The Hall–Kier alpha value is -4.47. The van der Waals surface area contributed by atoms with Crippen LogP contribution in [0.2, 0.25) is 0 Å². The number of benzene rings is 2. The molecule has 0 bridgehead atoms. The van der Waals surface area contributed by atoms with Crippen LogP contribution in [0.1, 0.15) is 28.1 Å². The molecule has 35 heavy (non-hydrogen) atoms. The highest BCUT2D eigenvalue weighted by atomic mass is 16.5. The maximum absolute atomic E-state index is 12.8. The van der Waals surface area contributed by atoms with E-state index in [0.717, 1.165) is 0 Å². The number of methoxy groups -OCH3 is 4. The zero-order chi connectivity index (χ0) is 24.9. The number of carbonyl (C=O) groups excluding carboxylic acids is 2. The Labute approximate surface area is 200 Å². The minimum absolute atomic E-state index is 0.0709. The first kappa shape index (κ1) is 23.7. The molecule has 0 unspecified atom stereocenters. The highest BCUT2D eigenvalue weighted by Crippen LogP contribution is 2.40. The van der Waals surface area contributed by atoms with Gasteiger partial charge >= 0.3 is 5.97 Å². The van der Waals surface area contributed by atoms with E-state index >= 15 is 0 Å². The van der Waals surface area contributed by atoms with E-state index in [0.29, 0.717) is 52.2 Å². The van der Waals surface area contributed by atoms with E-state index in [9.17, 15) is 9.59 Å². The largest absolute Gasteiger partial charge is 0.493 e. The fourth-order valence-corrected chi connectivity index (χ4v) is 3.48. The molecule has 182 valence electrons. The summed E-state index contributed by atoms with van der Waals surface area (Å²) in [6.45, 7) is 0. The van der Waals surface area contributed by atoms with Crippen LogP contribution in [0.15, 0.2) is 46.7 Å². The number of nitrogens with zero attached hydrogens (tertiary/aromatic N) is 1. The van der Waals surface area contributed by atoms with E-state index in [1.165, 1.54) is 40.6 Å². The Morgan fingerprint density at radius 1 is 0.971 bits per heavy atom. The number of aryl methyl sites for hydroxylation is 1. The molecule has 0 atom stereocenters. The lowest BCUT2D eigenvalue weighted by molar-refractivity contribution is -0.134. The summed E-state index contributed by atoms with van der Waals surface area (Å²) < 4.78 is 37.2. The molecule has 0 saturated heterocycles. The average molecular weight is 481 g/mol. The van der Waals surface area contributed by atoms with Crippen molar-refractivity contribution in [2.75, 3.05) is 28.4 Å². The predicted octanol–water partition coefficient (Wildman–Crippen LogP) is 3.86. The van der Waals surface area contributed by atoms with E-state index in [1.807, 2.05) is 0 Å². The van der Waals surface area contributed by atoms with E-state index in [4.69, 9.17) is 32.9 Å². The first-order valence-corrected chi connectivity index (χ1v) is 10.5. The zero-order valence-corrected chi connectivity index (χ0v) is 19.6. The summed E-state index contributed by atoms with van der Waals surface area (Å²) >= 11 is 0. The second-order valence-corrected chi connectivity index (χ2v) is 7.37. The van der Waals surface area contributed by atoms with Crippen molar-refractivity contribution in [2.45, 2.75) is 12.8 Å². The quantitative estimate of drug-likeness (QED) is 0.253. The van der Waals surface area contributed by atoms with Crippen molar-refractivity contribution < 1.29 is 42.5 Å². The van der Waals surface area contributed by atoms with Crippen LogP contribution in [0, 0.1) is 0 Å². The Morgan fingerprint density at radius 3 is 2.34 bits per heavy atom. The first-order valence-electron chi connectivity index (χ1n) is 10.5. The highest BCUT2D eigenvalue weighted by Gasteiger charge is 2.28. The van der Waals surface area contributed by atoms with E-state index in [2.05, 4.69) is 5.16 Å². The Bertz CT molecular complexity index is 1270. The van der Waals surface area contributed by atoms with E-state index < -0.39 is 5.97 Å². The second-order valence-electron chi connectivity index (χ2n) is 7.37. The van der Waals surface area contributed by atoms with Crippen molar-refractivity contribution in [3.8, 4) is 34.6 Å². The first-order chi connectivity index (χ1) is 16.9. The third-order valence-corrected chi connectivity index (χ3v) is 5.18. The van der Waals surface area contributed by atoms with Crippen LogP contribution in [0.3, 0.4) is 0 Å². The minimum atomic E-state index is -0.474. The van der Waals surface area contributed by atoms with E-state index in [-0.39, 0.29) is 23.7 Å². The Kier molecular flexibility index (Phi) is 6.91. The van der Waals surface area contributed by atoms with Crippen molar-refractivity contribution in [3.05, 3.63) is 59.0 Å². The number of esters is 1. The molecule has 0 radical (unpaired) electrons. The van der Waals surface area contributed by atoms with Crippen LogP contribution < -0.4 is 28.4 Å². The van der Waals surface area contributed by atoms with Crippen molar-refractivity contribution >= 4 is 17.8 Å². The zero-order valence-electron chi connectivity index (χ0n) is 19.6. The number of hydrogen-bond acceptors (Lipinski definition) is 10. The number of ketones is 1. The van der Waals surface area contributed by atoms with Crippen LogP contribution in [-0.2, 0) is 11.2 Å². The molecule has 0 saturated carbocycles. The highest BCUT2D eigenvalue weighted by molar-refractivity contribution is 6.14. The molecule has 0 aliphatic carbocycles. The van der Waals surface area contributed by atoms with Gasteiger partial charge in [0.1, 0.15) is 17.3 Å². The number of ether oxygens (including phenoxy) is 6. The number of aromatic nitrogens is 1. The molecular weight excluding hydrogens is 458 g/mol. The minimum Gasteiger partial charge on any atom is -0.493 e. The summed E-state index contributed by atoms with van der Waals surface area (Å²) in [5, 5.41) is 3.68. The van der Waals surface area contributed by atoms with Crippen molar-refractivity contribution in [1.82, 2.24) is 5.16 Å². The molecule has 0 N–H and O–H groups in total. The van der Waals surface area contributed by atoms with Crippen LogP contribution in [-0.4, -0.2) is 45.3 Å². The van der Waals surface area contributed by atoms with Gasteiger partial charge in [0.25, 0.3) is 5.88 Å². The van der Waals surface area contributed by atoms with Gasteiger partial charge in [-0.3, -0.25) is 9.59 Å². The van der Waals surface area contributed by atoms with Gasteiger partial charge in [-0.1, -0.05) is 0 Å². The van der Waals surface area contributed by atoms with Gasteiger partial charge in [0, 0.05) is 18.6 Å². The van der Waals surface area contributed by atoms with Crippen LogP contribution >= 0.6 is 0 Å². The van der Waals surface area contributed by atoms with Crippen LogP contribution in [0.5, 0.6) is 34.6 Å². The fourth-order valence-electron chi connectivity index (χ4n) is 3.48. The Morgan fingerprint density at radius 2 is 1.71 bits per heavy atom. The number of allylic oxidation sites excluding steroid dienone is 1. The molecule has 1 aliphatic rings. The monoisotopic (exact) mass is 481 g/mol. The summed E-state index contributed by atoms with van der Waals surface area (Å²) in [5.74, 6) is 2.05. The third kappa shape index (κ3) is 5.06. The molecule has 10 nitrogen and oxygen atoms in total. The summed E-state index contributed by atoms with van der Waals surface area (Å²) in [6, 6.07) is 9.59. The van der Waals surface area contributed by atoms with Crippen LogP contribution in [0.4, 0.5) is 0 Å². The lowest BCUT2D eigenvalue weighted by atomic mass is 10.1. The van der Waals surface area contributed by atoms with Crippen molar-refractivity contribution in [2.24, 2.45) is 0 Å². The number of hydrogen-bond donors (Lipinski definition) is 0. The summed E-state index contributed by atoms with van der Waals surface area (Å²) in [4.78, 5) is 25.1. The fraction of sp³-hybridized carbons (Fsp3) is 0.240. The van der Waals surface area contributed by atoms with Crippen molar-refractivity contribution in [3.63, 3.8) is 0 Å². The Balaban J connectivity index is 1.47.